The maximum absolute atomic E-state index is 12.7. The molecule has 0 spiro atoms. The van der Waals surface area contributed by atoms with Crippen molar-refractivity contribution in [2.75, 3.05) is 0 Å². The van der Waals surface area contributed by atoms with E-state index in [9.17, 15) is 13.2 Å². The third-order valence-corrected chi connectivity index (χ3v) is 2.94. The lowest BCUT2D eigenvalue weighted by molar-refractivity contribution is -0.512. The summed E-state index contributed by atoms with van der Waals surface area (Å²) in [6.07, 6.45) is -0.0893. The van der Waals surface area contributed by atoms with E-state index >= 15 is 0 Å². The van der Waals surface area contributed by atoms with E-state index in [4.69, 9.17) is 11.6 Å². The van der Waals surface area contributed by atoms with Gasteiger partial charge in [-0.25, -0.2) is 8.97 Å². The third-order valence-electron chi connectivity index (χ3n) is 2.66. The van der Waals surface area contributed by atoms with Crippen LogP contribution in [0.3, 0.4) is 0 Å². The van der Waals surface area contributed by atoms with Crippen molar-refractivity contribution >= 4 is 17.2 Å². The zero-order valence-corrected chi connectivity index (χ0v) is 10.4. The van der Waals surface area contributed by atoms with E-state index in [2.05, 4.69) is 6.58 Å². The van der Waals surface area contributed by atoms with E-state index in [0.717, 1.165) is 18.0 Å². The monoisotopic (exact) mass is 275 g/mol. The van der Waals surface area contributed by atoms with Gasteiger partial charge in [0.05, 0.1) is 5.56 Å². The Kier molecular flexibility index (Phi) is 3.11. The zero-order chi connectivity index (χ0) is 13.5. The largest absolute Gasteiger partial charge is 0.419 e. The number of rotatable bonds is 2. The highest BCUT2D eigenvalue weighted by Crippen LogP contribution is 2.31. The molecule has 96 valence electrons. The molecule has 2 nitrogen and oxygen atoms in total. The molecule has 0 aliphatic heterocycles. The zero-order valence-electron chi connectivity index (χ0n) is 9.63. The Labute approximate surface area is 107 Å². The number of nitrogens with zero attached hydrogens (tertiary/aromatic N) is 2. The van der Waals surface area contributed by atoms with Crippen LogP contribution in [0.15, 0.2) is 31.1 Å². The average Bonchev–Trinajstić information content (AvgIpc) is 2.55. The number of halogens is 4. The number of aryl methyl sites for hydroxylation is 1. The number of aromatic nitrogens is 2. The van der Waals surface area contributed by atoms with Crippen molar-refractivity contribution in [3.63, 3.8) is 0 Å². The number of alkyl halides is 3. The fourth-order valence-electron chi connectivity index (χ4n) is 1.89. The van der Waals surface area contributed by atoms with E-state index < -0.39 is 11.7 Å². The van der Waals surface area contributed by atoms with Gasteiger partial charge in [0.25, 0.3) is 0 Å². The quantitative estimate of drug-likeness (QED) is 0.587. The van der Waals surface area contributed by atoms with Crippen molar-refractivity contribution in [3.05, 3.63) is 47.4 Å². The second-order valence-corrected chi connectivity index (χ2v) is 4.38. The van der Waals surface area contributed by atoms with Crippen LogP contribution >= 0.6 is 11.6 Å². The SMILES string of the molecule is C=CCn1c(C)c[n+]2cc(C(F)(F)F)cc(Cl)c12. The summed E-state index contributed by atoms with van der Waals surface area (Å²) in [6.45, 7) is 5.92. The van der Waals surface area contributed by atoms with Crippen LogP contribution in [0.5, 0.6) is 0 Å². The van der Waals surface area contributed by atoms with Crippen LogP contribution in [-0.4, -0.2) is 4.57 Å². The minimum atomic E-state index is -4.40. The fraction of sp³-hybridized carbons (Fsp3) is 0.250. The summed E-state index contributed by atoms with van der Waals surface area (Å²) in [5, 5.41) is 0.0692. The number of allylic oxidation sites excluding steroid dienone is 1. The topological polar surface area (TPSA) is 9.03 Å². The first-order chi connectivity index (χ1) is 8.34. The molecule has 18 heavy (non-hydrogen) atoms. The molecule has 0 N–H and O–H groups in total. The van der Waals surface area contributed by atoms with Crippen LogP contribution in [-0.2, 0) is 12.7 Å². The minimum absolute atomic E-state index is 0.0692. The van der Waals surface area contributed by atoms with Crippen LogP contribution in [0.2, 0.25) is 5.02 Å². The maximum atomic E-state index is 12.7. The van der Waals surface area contributed by atoms with Gasteiger partial charge in [-0.3, -0.25) is 0 Å². The van der Waals surface area contributed by atoms with Gasteiger partial charge in [0.2, 0.25) is 0 Å². The molecule has 0 aliphatic carbocycles. The van der Waals surface area contributed by atoms with Crippen LogP contribution in [0, 0.1) is 6.92 Å². The van der Waals surface area contributed by atoms with Crippen molar-refractivity contribution < 1.29 is 17.6 Å². The Balaban J connectivity index is 2.73. The van der Waals surface area contributed by atoms with E-state index in [1.165, 1.54) is 4.40 Å². The Morgan fingerprint density at radius 3 is 2.67 bits per heavy atom. The molecule has 2 aromatic heterocycles. The Morgan fingerprint density at radius 1 is 1.44 bits per heavy atom. The Hall–Kier alpha value is -1.49. The first-order valence-electron chi connectivity index (χ1n) is 5.23. The summed E-state index contributed by atoms with van der Waals surface area (Å²) in [6, 6.07) is 0.940. The second-order valence-electron chi connectivity index (χ2n) is 3.98. The fourth-order valence-corrected chi connectivity index (χ4v) is 2.21. The first-order valence-corrected chi connectivity index (χ1v) is 5.61. The van der Waals surface area contributed by atoms with Crippen molar-refractivity contribution in [2.24, 2.45) is 0 Å². The highest BCUT2D eigenvalue weighted by atomic mass is 35.5. The molecule has 2 heterocycles. The molecule has 0 amide bonds. The number of fused-ring (bicyclic) bond motifs is 1. The van der Waals surface area contributed by atoms with Gasteiger partial charge < -0.3 is 0 Å². The van der Waals surface area contributed by atoms with E-state index in [0.29, 0.717) is 12.2 Å². The van der Waals surface area contributed by atoms with Gasteiger partial charge >= 0.3 is 11.8 Å². The van der Waals surface area contributed by atoms with Gasteiger partial charge in [-0.1, -0.05) is 24.3 Å². The second kappa shape index (κ2) is 4.31. The molecule has 0 atom stereocenters. The molecule has 2 rings (SSSR count). The van der Waals surface area contributed by atoms with Gasteiger partial charge in [0.1, 0.15) is 29.7 Å². The van der Waals surface area contributed by atoms with Crippen molar-refractivity contribution in [2.45, 2.75) is 19.6 Å². The maximum Gasteiger partial charge on any atom is 0.419 e. The number of pyridine rings is 1. The summed E-state index contributed by atoms with van der Waals surface area (Å²) in [4.78, 5) is 0. The molecule has 0 saturated heterocycles. The summed E-state index contributed by atoms with van der Waals surface area (Å²) in [5.74, 6) is 0. The van der Waals surface area contributed by atoms with E-state index in [1.54, 1.807) is 23.8 Å². The molecular weight excluding hydrogens is 265 g/mol. The van der Waals surface area contributed by atoms with E-state index in [-0.39, 0.29) is 5.02 Å². The average molecular weight is 276 g/mol. The number of hydrogen-bond donors (Lipinski definition) is 0. The van der Waals surface area contributed by atoms with Gasteiger partial charge in [0.15, 0.2) is 0 Å². The van der Waals surface area contributed by atoms with Gasteiger partial charge in [-0.2, -0.15) is 13.2 Å². The first kappa shape index (κ1) is 13.0. The number of hydrogen-bond acceptors (Lipinski definition) is 0. The molecule has 0 aliphatic rings. The Bertz CT molecular complexity index is 614. The lowest BCUT2D eigenvalue weighted by Gasteiger charge is -2.05. The lowest BCUT2D eigenvalue weighted by Crippen LogP contribution is -2.23. The van der Waals surface area contributed by atoms with Crippen molar-refractivity contribution in [3.8, 4) is 0 Å². The van der Waals surface area contributed by atoms with Crippen molar-refractivity contribution in [1.29, 1.82) is 0 Å². The molecular formula is C12H11ClF3N2+. The standard InChI is InChI=1S/C12H11ClF3N2/c1-3-4-18-8(2)6-17-7-9(12(14,15)16)5-10(13)11(17)18/h3,5-7H,1,4H2,2H3/q+1. The van der Waals surface area contributed by atoms with Crippen LogP contribution in [0.25, 0.3) is 5.65 Å². The third kappa shape index (κ3) is 2.10. The number of imidazole rings is 1. The summed E-state index contributed by atoms with van der Waals surface area (Å²) in [7, 11) is 0. The van der Waals surface area contributed by atoms with Gasteiger partial charge in [-0.15, -0.1) is 0 Å². The predicted molar refractivity (Wildman–Crippen MR) is 62.5 cm³/mol. The molecule has 0 unspecified atom stereocenters. The highest BCUT2D eigenvalue weighted by molar-refractivity contribution is 6.33. The Morgan fingerprint density at radius 2 is 2.11 bits per heavy atom. The molecule has 0 fully saturated rings. The van der Waals surface area contributed by atoms with Crippen LogP contribution in [0.4, 0.5) is 13.2 Å². The molecule has 0 radical (unpaired) electrons. The van der Waals surface area contributed by atoms with Gasteiger partial charge in [0, 0.05) is 6.92 Å². The van der Waals surface area contributed by atoms with Crippen molar-refractivity contribution in [1.82, 2.24) is 4.57 Å². The summed E-state index contributed by atoms with van der Waals surface area (Å²) < 4.78 is 41.2. The predicted octanol–water partition coefficient (Wildman–Crippen LogP) is 3.39. The van der Waals surface area contributed by atoms with Crippen LogP contribution in [0.1, 0.15) is 11.3 Å². The molecule has 0 saturated carbocycles. The smallest absolute Gasteiger partial charge is 0.223 e. The normalized spacial score (nSPS) is 12.1. The summed E-state index contributed by atoms with van der Waals surface area (Å²) >= 11 is 5.95. The van der Waals surface area contributed by atoms with Gasteiger partial charge in [-0.05, 0) is 6.07 Å². The molecule has 2 aromatic rings. The minimum Gasteiger partial charge on any atom is -0.223 e. The lowest BCUT2D eigenvalue weighted by atomic mass is 10.3. The summed E-state index contributed by atoms with van der Waals surface area (Å²) in [5.41, 5.74) is 0.582. The highest BCUT2D eigenvalue weighted by Gasteiger charge is 2.34. The molecule has 0 aromatic carbocycles. The van der Waals surface area contributed by atoms with Crippen LogP contribution < -0.4 is 4.40 Å². The molecule has 6 heteroatoms. The van der Waals surface area contributed by atoms with E-state index in [1.807, 2.05) is 0 Å². The molecule has 0 bridgehead atoms.